The van der Waals surface area contributed by atoms with E-state index in [4.69, 9.17) is 51.6 Å². The number of nitrogens with zero attached hydrogens (tertiary/aromatic N) is 3. The Bertz CT molecular complexity index is 1930. The van der Waals surface area contributed by atoms with Crippen molar-refractivity contribution >= 4 is 46.0 Å². The number of carbonyl (C=O) groups is 2. The Kier molecular flexibility index (Phi) is 15.6. The van der Waals surface area contributed by atoms with E-state index < -0.39 is 47.7 Å². The minimum Gasteiger partial charge on any atom is -0.619 e. The zero-order valence-corrected chi connectivity index (χ0v) is 34.0. The van der Waals surface area contributed by atoms with E-state index in [0.717, 1.165) is 42.6 Å². The average molecular weight is 861 g/mol. The second-order valence-electron chi connectivity index (χ2n) is 14.5. The van der Waals surface area contributed by atoms with E-state index in [-0.39, 0.29) is 76.1 Å². The molecule has 1 aromatic heterocycles. The second kappa shape index (κ2) is 20.1. The molecule has 3 aromatic rings. The first-order chi connectivity index (χ1) is 27.0. The summed E-state index contributed by atoms with van der Waals surface area (Å²) in [5.41, 5.74) is -0.0607. The normalized spacial score (nSPS) is 15.5. The molecule has 0 radical (unpaired) electrons. The molecule has 1 saturated heterocycles. The highest BCUT2D eigenvalue weighted by Crippen LogP contribution is 2.38. The van der Waals surface area contributed by atoms with Gasteiger partial charge in [-0.3, -0.25) is 9.69 Å². The summed E-state index contributed by atoms with van der Waals surface area (Å²) < 4.78 is 86.2. The van der Waals surface area contributed by atoms with Gasteiger partial charge in [-0.1, -0.05) is 29.3 Å². The molecular formula is C38H45Cl2F2N3O11S. The number of carbonyl (C=O) groups excluding carboxylic acids is 2. The van der Waals surface area contributed by atoms with Crippen LogP contribution in [0.3, 0.4) is 0 Å². The Labute approximate surface area is 341 Å². The minimum atomic E-state index is -3.30. The van der Waals surface area contributed by atoms with Crippen LogP contribution in [0.5, 0.6) is 17.2 Å². The van der Waals surface area contributed by atoms with Gasteiger partial charge in [-0.25, -0.2) is 13.2 Å². The molecule has 0 spiro atoms. The van der Waals surface area contributed by atoms with Crippen molar-refractivity contribution in [3.63, 3.8) is 0 Å². The maximum atomic E-state index is 14.0. The number of rotatable bonds is 19. The number of alkyl halides is 2. The first-order valence-electron chi connectivity index (χ1n) is 18.2. The van der Waals surface area contributed by atoms with Gasteiger partial charge in [0.25, 0.3) is 0 Å². The van der Waals surface area contributed by atoms with Crippen LogP contribution in [0.4, 0.5) is 8.78 Å². The van der Waals surface area contributed by atoms with E-state index in [2.05, 4.69) is 4.90 Å². The van der Waals surface area contributed by atoms with Gasteiger partial charge in [0, 0.05) is 43.7 Å². The Morgan fingerprint density at radius 2 is 1.70 bits per heavy atom. The van der Waals surface area contributed by atoms with E-state index in [1.807, 2.05) is 0 Å². The minimum absolute atomic E-state index is 0.000995. The number of esters is 2. The summed E-state index contributed by atoms with van der Waals surface area (Å²) in [4.78, 5) is 28.9. The van der Waals surface area contributed by atoms with Crippen molar-refractivity contribution in [3.8, 4) is 17.2 Å². The summed E-state index contributed by atoms with van der Waals surface area (Å²) in [6.45, 7) is 4.53. The standard InChI is InChI=1S/C38H45Cl2F2N3O11S/c1-38(2,3)56-35(46)22-45(57(49)50)19-27-16-26(7-8-31(27)52-15-12-43-10-13-51-14-11-43)36(47)54-33(18-28-29(39)20-44(48)21-30(28)40)25-6-9-32(55-37(41)42)34(17-25)53-23-24-4-5-24/h6-9,16-17,20-21,24,33,37,57H,4-5,10-15,18-19,22-23H2,1-3H3. The van der Waals surface area contributed by atoms with E-state index in [9.17, 15) is 32.0 Å². The lowest BCUT2D eigenvalue weighted by atomic mass is 10.0. The highest BCUT2D eigenvalue weighted by Gasteiger charge is 2.28. The van der Waals surface area contributed by atoms with Crippen molar-refractivity contribution in [3.05, 3.63) is 86.3 Å². The molecule has 1 saturated carbocycles. The van der Waals surface area contributed by atoms with Gasteiger partial charge in [0.2, 0.25) is 10.9 Å². The fourth-order valence-corrected chi connectivity index (χ4v) is 6.93. The van der Waals surface area contributed by atoms with Gasteiger partial charge in [0.05, 0.1) is 25.4 Å². The van der Waals surface area contributed by atoms with Crippen LogP contribution in [0.25, 0.3) is 0 Å². The van der Waals surface area contributed by atoms with Gasteiger partial charge in [0.1, 0.15) is 40.7 Å². The van der Waals surface area contributed by atoms with Gasteiger partial charge in [-0.15, -0.1) is 0 Å². The van der Waals surface area contributed by atoms with Crippen LogP contribution in [0, 0.1) is 11.1 Å². The fraction of sp³-hybridized carbons (Fsp3) is 0.500. The number of hydrogen-bond donors (Lipinski definition) is 1. The third kappa shape index (κ3) is 13.8. The van der Waals surface area contributed by atoms with Gasteiger partial charge in [0.15, 0.2) is 23.9 Å². The molecule has 0 amide bonds. The molecule has 1 aliphatic heterocycles. The van der Waals surface area contributed by atoms with Crippen molar-refractivity contribution in [1.29, 1.82) is 0 Å². The van der Waals surface area contributed by atoms with Crippen LogP contribution in [0.15, 0.2) is 48.8 Å². The smallest absolute Gasteiger partial charge is 0.387 e. The average Bonchev–Trinajstić information content (AvgIpc) is 3.96. The van der Waals surface area contributed by atoms with Crippen molar-refractivity contribution in [2.45, 2.75) is 64.9 Å². The zero-order valence-electron chi connectivity index (χ0n) is 31.6. The van der Waals surface area contributed by atoms with Gasteiger partial charge >= 0.3 is 18.6 Å². The molecule has 1 aliphatic carbocycles. The molecule has 2 aliphatic rings. The molecule has 2 aromatic carbocycles. The second-order valence-corrected chi connectivity index (χ2v) is 16.4. The highest BCUT2D eigenvalue weighted by molar-refractivity contribution is 7.69. The molecule has 0 bridgehead atoms. The first kappa shape index (κ1) is 44.1. The highest BCUT2D eigenvalue weighted by atomic mass is 35.5. The molecule has 14 nitrogen and oxygen atoms in total. The van der Waals surface area contributed by atoms with Crippen LogP contribution in [0.1, 0.15) is 66.8 Å². The summed E-state index contributed by atoms with van der Waals surface area (Å²) in [5.74, 6) is -1.33. The molecular weight excluding hydrogens is 815 g/mol. The summed E-state index contributed by atoms with van der Waals surface area (Å²) in [6.07, 6.45) is 2.70. The molecule has 5 rings (SSSR count). The van der Waals surface area contributed by atoms with Crippen LogP contribution in [-0.4, -0.2) is 94.4 Å². The lowest BCUT2D eigenvalue weighted by molar-refractivity contribution is -0.605. The Morgan fingerprint density at radius 3 is 2.33 bits per heavy atom. The molecule has 2 heterocycles. The third-order valence-electron chi connectivity index (χ3n) is 8.80. The van der Waals surface area contributed by atoms with Crippen molar-refractivity contribution in [2.24, 2.45) is 5.92 Å². The van der Waals surface area contributed by atoms with Crippen LogP contribution >= 0.6 is 23.2 Å². The quantitative estimate of drug-likeness (QED) is 0.0697. The number of halogens is 4. The zero-order chi connectivity index (χ0) is 41.3. The van der Waals surface area contributed by atoms with Crippen molar-refractivity contribution < 1.29 is 59.9 Å². The Balaban J connectivity index is 1.47. The van der Waals surface area contributed by atoms with Gasteiger partial charge < -0.3 is 33.6 Å². The molecule has 1 unspecified atom stereocenters. The van der Waals surface area contributed by atoms with E-state index in [0.29, 0.717) is 30.1 Å². The number of aromatic nitrogens is 1. The van der Waals surface area contributed by atoms with Crippen LogP contribution < -0.4 is 18.9 Å². The molecule has 1 atom stereocenters. The monoisotopic (exact) mass is 859 g/mol. The van der Waals surface area contributed by atoms with Crippen LogP contribution in [-0.2, 0) is 42.9 Å². The third-order valence-corrected chi connectivity index (χ3v) is 10.2. The molecule has 0 N–H and O–H groups in total. The van der Waals surface area contributed by atoms with Crippen molar-refractivity contribution in [2.75, 3.05) is 52.6 Å². The predicted molar refractivity (Wildman–Crippen MR) is 204 cm³/mol. The topological polar surface area (TPSA) is 157 Å². The lowest BCUT2D eigenvalue weighted by Crippen LogP contribution is -2.38. The number of benzene rings is 2. The summed E-state index contributed by atoms with van der Waals surface area (Å²) in [7, 11) is -3.30. The number of thiol groups is 1. The number of hydrogen-bond acceptors (Lipinski definition) is 12. The molecule has 2 fully saturated rings. The van der Waals surface area contributed by atoms with Gasteiger partial charge in [-0.05, 0) is 75.4 Å². The maximum absolute atomic E-state index is 14.0. The molecule has 57 heavy (non-hydrogen) atoms. The summed E-state index contributed by atoms with van der Waals surface area (Å²) >= 11 is 12.8. The fourth-order valence-electron chi connectivity index (χ4n) is 5.83. The maximum Gasteiger partial charge on any atom is 0.387 e. The number of morpholine rings is 1. The lowest BCUT2D eigenvalue weighted by Gasteiger charge is -2.26. The van der Waals surface area contributed by atoms with Crippen LogP contribution in [0.2, 0.25) is 10.0 Å². The van der Waals surface area contributed by atoms with E-state index >= 15 is 0 Å². The predicted octanol–water partition coefficient (Wildman–Crippen LogP) is 5.54. The summed E-state index contributed by atoms with van der Waals surface area (Å²) in [6, 6.07) is 8.46. The largest absolute Gasteiger partial charge is 0.619 e. The summed E-state index contributed by atoms with van der Waals surface area (Å²) in [5, 5.41) is 12.0. The molecule has 312 valence electrons. The number of ether oxygens (including phenoxy) is 6. The SMILES string of the molecule is CC(C)(C)OC(=O)CN(Cc1cc(C(=O)OC(Cc2c(Cl)c[n+]([O-])cc2Cl)c2ccc(OC(F)F)c(OCC3CC3)c2)ccc1OCCN1CCOCC1)[SH](=O)=O. The number of pyridine rings is 1. The van der Waals surface area contributed by atoms with E-state index in [1.54, 1.807) is 20.8 Å². The molecule has 19 heteroatoms. The Morgan fingerprint density at radius 1 is 1.02 bits per heavy atom. The van der Waals surface area contributed by atoms with Crippen molar-refractivity contribution in [1.82, 2.24) is 9.21 Å². The Hall–Kier alpha value is -4.00. The van der Waals surface area contributed by atoms with E-state index in [1.165, 1.54) is 36.4 Å². The first-order valence-corrected chi connectivity index (χ1v) is 20.1. The van der Waals surface area contributed by atoms with Gasteiger partial charge in [-0.2, -0.15) is 17.8 Å².